The summed E-state index contributed by atoms with van der Waals surface area (Å²) in [5.74, 6) is 1.06. The molecular formula is C22H22O4. The number of rotatable bonds is 8. The minimum Gasteiger partial charge on any atom is -0.467 e. The normalized spacial score (nSPS) is 13.3. The van der Waals surface area contributed by atoms with Crippen LogP contribution in [-0.2, 0) is 0 Å². The van der Waals surface area contributed by atoms with Crippen molar-refractivity contribution < 1.29 is 19.0 Å². The summed E-state index contributed by atoms with van der Waals surface area (Å²) in [6.45, 7) is 8.11. The highest BCUT2D eigenvalue weighted by atomic mass is 16.4. The highest BCUT2D eigenvalue weighted by Crippen LogP contribution is 2.29. The van der Waals surface area contributed by atoms with Crippen LogP contribution in [0.15, 0.2) is 83.0 Å². The van der Waals surface area contributed by atoms with Crippen molar-refractivity contribution in [3.05, 3.63) is 96.9 Å². The summed E-state index contributed by atoms with van der Waals surface area (Å²) in [7, 11) is 0. The van der Waals surface area contributed by atoms with Crippen LogP contribution in [0.4, 0.5) is 0 Å². The number of furan rings is 2. The van der Waals surface area contributed by atoms with Gasteiger partial charge in [-0.15, -0.1) is 0 Å². The van der Waals surface area contributed by atoms with Gasteiger partial charge in [-0.05, 0) is 46.5 Å². The Morgan fingerprint density at radius 1 is 0.731 bits per heavy atom. The van der Waals surface area contributed by atoms with Crippen LogP contribution in [0.2, 0.25) is 0 Å². The molecule has 0 bridgehead atoms. The molecule has 1 aromatic carbocycles. The highest BCUT2D eigenvalue weighted by Gasteiger charge is 2.15. The molecule has 0 saturated heterocycles. The fraction of sp³-hybridized carbons (Fsp3) is 0.182. The standard InChI is InChI=1S/C22H22O4/c1-15(13-19(23)21-5-3-11-25-21)17-7-9-18(10-8-17)16(2)14-20(24)22-6-4-12-26-22/h3-12,19-20,23-24H,1-2,13-14H2. The predicted molar refractivity (Wildman–Crippen MR) is 101 cm³/mol. The Morgan fingerprint density at radius 3 is 1.42 bits per heavy atom. The van der Waals surface area contributed by atoms with Gasteiger partial charge in [-0.25, -0.2) is 0 Å². The number of hydrogen-bond acceptors (Lipinski definition) is 4. The molecule has 2 atom stereocenters. The third-order valence-electron chi connectivity index (χ3n) is 4.32. The SMILES string of the molecule is C=C(CC(O)c1ccco1)c1ccc(C(=C)CC(O)c2ccco2)cc1. The van der Waals surface area contributed by atoms with Crippen molar-refractivity contribution in [1.82, 2.24) is 0 Å². The fourth-order valence-electron chi connectivity index (χ4n) is 2.81. The maximum absolute atomic E-state index is 10.2. The highest BCUT2D eigenvalue weighted by molar-refractivity contribution is 5.69. The van der Waals surface area contributed by atoms with Crippen LogP contribution in [0.25, 0.3) is 11.1 Å². The van der Waals surface area contributed by atoms with Crippen LogP contribution in [0.5, 0.6) is 0 Å². The second-order valence-electron chi connectivity index (χ2n) is 6.26. The van der Waals surface area contributed by atoms with E-state index in [0.29, 0.717) is 24.4 Å². The Bertz CT molecular complexity index is 769. The summed E-state index contributed by atoms with van der Waals surface area (Å²) in [4.78, 5) is 0. The van der Waals surface area contributed by atoms with Gasteiger partial charge in [0, 0.05) is 12.8 Å². The van der Waals surface area contributed by atoms with Crippen molar-refractivity contribution >= 4 is 11.1 Å². The summed E-state index contributed by atoms with van der Waals surface area (Å²) in [6, 6.07) is 14.8. The molecule has 26 heavy (non-hydrogen) atoms. The van der Waals surface area contributed by atoms with Crippen molar-refractivity contribution in [1.29, 1.82) is 0 Å². The van der Waals surface area contributed by atoms with E-state index in [1.54, 1.807) is 36.8 Å². The van der Waals surface area contributed by atoms with Gasteiger partial charge >= 0.3 is 0 Å². The van der Waals surface area contributed by atoms with Gasteiger partial charge in [0.15, 0.2) is 0 Å². The summed E-state index contributed by atoms with van der Waals surface area (Å²) >= 11 is 0. The molecule has 4 nitrogen and oxygen atoms in total. The number of benzene rings is 1. The van der Waals surface area contributed by atoms with Gasteiger partial charge < -0.3 is 19.0 Å². The quantitative estimate of drug-likeness (QED) is 0.590. The molecule has 134 valence electrons. The Balaban J connectivity index is 1.60. The van der Waals surface area contributed by atoms with Crippen LogP contribution in [0, 0.1) is 0 Å². The maximum atomic E-state index is 10.2. The van der Waals surface area contributed by atoms with Gasteiger partial charge in [0.05, 0.1) is 12.5 Å². The Labute approximate surface area is 152 Å². The minimum absolute atomic E-state index is 0.394. The topological polar surface area (TPSA) is 66.7 Å². The summed E-state index contributed by atoms with van der Waals surface area (Å²) < 4.78 is 10.4. The van der Waals surface area contributed by atoms with E-state index in [1.165, 1.54) is 0 Å². The molecule has 0 spiro atoms. The molecule has 0 amide bonds. The van der Waals surface area contributed by atoms with Gasteiger partial charge in [-0.2, -0.15) is 0 Å². The van der Waals surface area contributed by atoms with Crippen molar-refractivity contribution in [3.63, 3.8) is 0 Å². The zero-order valence-corrected chi connectivity index (χ0v) is 14.5. The fourth-order valence-corrected chi connectivity index (χ4v) is 2.81. The van der Waals surface area contributed by atoms with E-state index in [9.17, 15) is 10.2 Å². The molecule has 2 unspecified atom stereocenters. The lowest BCUT2D eigenvalue weighted by Crippen LogP contribution is -1.98. The van der Waals surface area contributed by atoms with Crippen molar-refractivity contribution in [2.75, 3.05) is 0 Å². The molecule has 0 radical (unpaired) electrons. The first-order valence-corrected chi connectivity index (χ1v) is 8.44. The van der Waals surface area contributed by atoms with Crippen LogP contribution in [0.3, 0.4) is 0 Å². The molecule has 3 rings (SSSR count). The van der Waals surface area contributed by atoms with Crippen molar-refractivity contribution in [3.8, 4) is 0 Å². The third kappa shape index (κ3) is 4.23. The zero-order valence-electron chi connectivity index (χ0n) is 14.5. The molecule has 0 fully saturated rings. The van der Waals surface area contributed by atoms with E-state index in [2.05, 4.69) is 13.2 Å². The molecular weight excluding hydrogens is 328 g/mol. The van der Waals surface area contributed by atoms with Crippen molar-refractivity contribution in [2.45, 2.75) is 25.0 Å². The van der Waals surface area contributed by atoms with Gasteiger partial charge in [0.1, 0.15) is 23.7 Å². The van der Waals surface area contributed by atoms with Gasteiger partial charge in [0.25, 0.3) is 0 Å². The smallest absolute Gasteiger partial charge is 0.132 e. The van der Waals surface area contributed by atoms with E-state index < -0.39 is 12.2 Å². The molecule has 2 N–H and O–H groups in total. The number of aliphatic hydroxyl groups is 2. The van der Waals surface area contributed by atoms with Gasteiger partial charge in [0.2, 0.25) is 0 Å². The second-order valence-corrected chi connectivity index (χ2v) is 6.26. The molecule has 0 saturated carbocycles. The number of aliphatic hydroxyl groups excluding tert-OH is 2. The number of hydrogen-bond donors (Lipinski definition) is 2. The van der Waals surface area contributed by atoms with E-state index in [0.717, 1.165) is 22.3 Å². The van der Waals surface area contributed by atoms with E-state index in [1.807, 2.05) is 24.3 Å². The molecule has 3 aromatic rings. The minimum atomic E-state index is -0.712. The van der Waals surface area contributed by atoms with Crippen LogP contribution in [0.1, 0.15) is 47.7 Å². The van der Waals surface area contributed by atoms with E-state index in [4.69, 9.17) is 8.83 Å². The van der Waals surface area contributed by atoms with Gasteiger partial charge in [-0.3, -0.25) is 0 Å². The monoisotopic (exact) mass is 350 g/mol. The average molecular weight is 350 g/mol. The van der Waals surface area contributed by atoms with Crippen LogP contribution in [-0.4, -0.2) is 10.2 Å². The Morgan fingerprint density at radius 2 is 1.12 bits per heavy atom. The summed E-state index contributed by atoms with van der Waals surface area (Å²) in [5, 5.41) is 20.3. The first-order chi connectivity index (χ1) is 12.5. The van der Waals surface area contributed by atoms with Gasteiger partial charge in [-0.1, -0.05) is 37.4 Å². The zero-order chi connectivity index (χ0) is 18.5. The lowest BCUT2D eigenvalue weighted by atomic mass is 9.96. The van der Waals surface area contributed by atoms with E-state index in [-0.39, 0.29) is 0 Å². The Hall–Kier alpha value is -2.82. The van der Waals surface area contributed by atoms with Crippen molar-refractivity contribution in [2.24, 2.45) is 0 Å². The molecule has 0 aliphatic heterocycles. The first-order valence-electron chi connectivity index (χ1n) is 8.44. The summed E-state index contributed by atoms with van der Waals surface area (Å²) in [5.41, 5.74) is 3.53. The molecule has 4 heteroatoms. The molecule has 0 aliphatic carbocycles. The average Bonchev–Trinajstić information content (AvgIpc) is 3.35. The van der Waals surface area contributed by atoms with E-state index >= 15 is 0 Å². The lowest BCUT2D eigenvalue weighted by molar-refractivity contribution is 0.155. The largest absolute Gasteiger partial charge is 0.467 e. The third-order valence-corrected chi connectivity index (χ3v) is 4.32. The second kappa shape index (κ2) is 8.04. The van der Waals surface area contributed by atoms with Crippen LogP contribution >= 0.6 is 0 Å². The molecule has 2 aromatic heterocycles. The predicted octanol–water partition coefficient (Wildman–Crippen LogP) is 5.15. The first kappa shape index (κ1) is 18.0. The summed E-state index contributed by atoms with van der Waals surface area (Å²) in [6.07, 6.45) is 2.44. The maximum Gasteiger partial charge on any atom is 0.132 e. The lowest BCUT2D eigenvalue weighted by Gasteiger charge is -2.13. The Kier molecular flexibility index (Phi) is 5.56. The van der Waals surface area contributed by atoms with Crippen LogP contribution < -0.4 is 0 Å². The molecule has 0 aliphatic rings. The molecule has 2 heterocycles.